The fourth-order valence-corrected chi connectivity index (χ4v) is 3.05. The van der Waals surface area contributed by atoms with E-state index < -0.39 is 38.6 Å². The highest BCUT2D eigenvalue weighted by molar-refractivity contribution is 7.92. The zero-order valence-corrected chi connectivity index (χ0v) is 13.2. The maximum Gasteiger partial charge on any atom is 0.328 e. The van der Waals surface area contributed by atoms with Crippen LogP contribution in [0.15, 0.2) is 29.2 Å². The first kappa shape index (κ1) is 18.6. The number of non-ortho nitro benzene ring substituents is 1. The van der Waals surface area contributed by atoms with E-state index in [1.165, 1.54) is 6.92 Å². The molecule has 1 aromatic rings. The quantitative estimate of drug-likeness (QED) is 0.404. The minimum atomic E-state index is -4.23. The fourth-order valence-electron chi connectivity index (χ4n) is 1.61. The Bertz CT molecular complexity index is 695. The van der Waals surface area contributed by atoms with Crippen LogP contribution in [0.4, 0.5) is 5.69 Å². The summed E-state index contributed by atoms with van der Waals surface area (Å²) in [5.41, 5.74) is -0.295. The summed E-state index contributed by atoms with van der Waals surface area (Å²) in [5, 5.41) is 8.84. The van der Waals surface area contributed by atoms with E-state index in [-0.39, 0.29) is 17.0 Å². The van der Waals surface area contributed by atoms with Gasteiger partial charge in [-0.2, -0.15) is 0 Å². The van der Waals surface area contributed by atoms with Crippen molar-refractivity contribution in [2.24, 2.45) is 0 Å². The summed E-state index contributed by atoms with van der Waals surface area (Å²) in [6.07, 6.45) is 0.0193. The third-order valence-electron chi connectivity index (χ3n) is 2.90. The number of hydrogen-bond donors (Lipinski definition) is 0. The second-order valence-electron chi connectivity index (χ2n) is 4.34. The van der Waals surface area contributed by atoms with Gasteiger partial charge in [-0.1, -0.05) is 6.92 Å². The van der Waals surface area contributed by atoms with Crippen LogP contribution in [0.2, 0.25) is 0 Å². The maximum atomic E-state index is 12.5. The lowest BCUT2D eigenvalue weighted by Gasteiger charge is -2.15. The summed E-state index contributed by atoms with van der Waals surface area (Å²) >= 11 is 0. The molecule has 0 N–H and O–H groups in total. The summed E-state index contributed by atoms with van der Waals surface area (Å²) < 4.78 is 34.1. The standard InChI is InChI=1S/C13H15NO8S/c1-3-12(15)22-8-11(13(16)21-2)23(19,20)10-6-4-9(5-7-10)14(17)18/h4-7,11H,3,8H2,1-2H3. The molecule has 0 aliphatic heterocycles. The number of rotatable bonds is 7. The third kappa shape index (κ3) is 4.49. The first-order valence-corrected chi connectivity index (χ1v) is 8.00. The monoisotopic (exact) mass is 345 g/mol. The molecule has 1 atom stereocenters. The fraction of sp³-hybridized carbons (Fsp3) is 0.385. The van der Waals surface area contributed by atoms with Gasteiger partial charge < -0.3 is 9.47 Å². The summed E-state index contributed by atoms with van der Waals surface area (Å²) in [7, 11) is -3.23. The highest BCUT2D eigenvalue weighted by Gasteiger charge is 2.36. The summed E-state index contributed by atoms with van der Waals surface area (Å²) in [6.45, 7) is 0.818. The second-order valence-corrected chi connectivity index (χ2v) is 6.47. The zero-order valence-electron chi connectivity index (χ0n) is 12.4. The van der Waals surface area contributed by atoms with Crippen LogP contribution in [0.25, 0.3) is 0 Å². The first-order chi connectivity index (χ1) is 10.7. The highest BCUT2D eigenvalue weighted by Crippen LogP contribution is 2.21. The van der Waals surface area contributed by atoms with Crippen molar-refractivity contribution in [1.82, 2.24) is 0 Å². The van der Waals surface area contributed by atoms with E-state index in [2.05, 4.69) is 4.74 Å². The molecule has 0 aliphatic carbocycles. The molecule has 1 unspecified atom stereocenters. The topological polar surface area (TPSA) is 130 Å². The molecule has 0 heterocycles. The second kappa shape index (κ2) is 7.68. The number of nitro groups is 1. The summed E-state index contributed by atoms with van der Waals surface area (Å²) in [4.78, 5) is 32.5. The van der Waals surface area contributed by atoms with E-state index in [0.29, 0.717) is 0 Å². The Morgan fingerprint density at radius 2 is 1.83 bits per heavy atom. The highest BCUT2D eigenvalue weighted by atomic mass is 32.2. The predicted molar refractivity (Wildman–Crippen MR) is 77.3 cm³/mol. The number of nitrogens with zero attached hydrogens (tertiary/aromatic N) is 1. The first-order valence-electron chi connectivity index (χ1n) is 6.45. The third-order valence-corrected chi connectivity index (χ3v) is 4.91. The number of esters is 2. The Hall–Kier alpha value is -2.49. The van der Waals surface area contributed by atoms with Crippen molar-refractivity contribution in [3.05, 3.63) is 34.4 Å². The van der Waals surface area contributed by atoms with Crippen molar-refractivity contribution < 1.29 is 32.4 Å². The molecule has 23 heavy (non-hydrogen) atoms. The van der Waals surface area contributed by atoms with Gasteiger partial charge in [-0.05, 0) is 12.1 Å². The van der Waals surface area contributed by atoms with E-state index in [4.69, 9.17) is 4.74 Å². The number of ether oxygens (including phenoxy) is 2. The molecule has 0 aliphatic rings. The van der Waals surface area contributed by atoms with Gasteiger partial charge in [0.1, 0.15) is 6.61 Å². The molecule has 126 valence electrons. The molecule has 9 nitrogen and oxygen atoms in total. The molecule has 0 radical (unpaired) electrons. The van der Waals surface area contributed by atoms with Crippen LogP contribution in [0.3, 0.4) is 0 Å². The van der Waals surface area contributed by atoms with Gasteiger partial charge >= 0.3 is 11.9 Å². The normalized spacial score (nSPS) is 12.3. The average molecular weight is 345 g/mol. The average Bonchev–Trinajstić information content (AvgIpc) is 2.54. The molecule has 0 amide bonds. The van der Waals surface area contributed by atoms with E-state index in [0.717, 1.165) is 31.4 Å². The van der Waals surface area contributed by atoms with Gasteiger partial charge in [0.2, 0.25) is 0 Å². The molecule has 0 spiro atoms. The molecule has 1 rings (SSSR count). The van der Waals surface area contributed by atoms with Crippen molar-refractivity contribution >= 4 is 27.5 Å². The van der Waals surface area contributed by atoms with Crippen LogP contribution in [-0.2, 0) is 28.9 Å². The van der Waals surface area contributed by atoms with Crippen molar-refractivity contribution in [1.29, 1.82) is 0 Å². The Morgan fingerprint density at radius 1 is 1.26 bits per heavy atom. The van der Waals surface area contributed by atoms with E-state index >= 15 is 0 Å². The molecule has 0 fully saturated rings. The predicted octanol–water partition coefficient (Wildman–Crippen LogP) is 0.863. The van der Waals surface area contributed by atoms with Gasteiger partial charge in [-0.15, -0.1) is 0 Å². The Morgan fingerprint density at radius 3 is 2.26 bits per heavy atom. The van der Waals surface area contributed by atoms with Crippen LogP contribution in [0.5, 0.6) is 0 Å². The number of methoxy groups -OCH3 is 1. The lowest BCUT2D eigenvalue weighted by atomic mass is 10.3. The van der Waals surface area contributed by atoms with Crippen molar-refractivity contribution in [3.63, 3.8) is 0 Å². The molecule has 1 aromatic carbocycles. The van der Waals surface area contributed by atoms with Crippen LogP contribution in [0, 0.1) is 10.1 Å². The smallest absolute Gasteiger partial charge is 0.328 e. The van der Waals surface area contributed by atoms with Gasteiger partial charge in [0.25, 0.3) is 5.69 Å². The minimum Gasteiger partial charge on any atom is -0.468 e. The largest absolute Gasteiger partial charge is 0.468 e. The number of sulfone groups is 1. The molecular weight excluding hydrogens is 330 g/mol. The number of nitro benzene ring substituents is 1. The molecule has 0 aromatic heterocycles. The lowest BCUT2D eigenvalue weighted by molar-refractivity contribution is -0.384. The number of carbonyl (C=O) groups is 2. The van der Waals surface area contributed by atoms with E-state index in [1.807, 2.05) is 0 Å². The van der Waals surface area contributed by atoms with Crippen molar-refractivity contribution in [2.75, 3.05) is 13.7 Å². The van der Waals surface area contributed by atoms with Crippen LogP contribution in [-0.4, -0.2) is 44.2 Å². The van der Waals surface area contributed by atoms with Crippen molar-refractivity contribution in [3.8, 4) is 0 Å². The Labute approximate surface area is 132 Å². The summed E-state index contributed by atoms with van der Waals surface area (Å²) in [5.74, 6) is -1.76. The van der Waals surface area contributed by atoms with Crippen molar-refractivity contribution in [2.45, 2.75) is 23.5 Å². The molecule has 10 heteroatoms. The molecular formula is C13H15NO8S. The van der Waals surface area contributed by atoms with Crippen LogP contribution in [0.1, 0.15) is 13.3 Å². The SMILES string of the molecule is CCC(=O)OCC(C(=O)OC)S(=O)(=O)c1ccc([N+](=O)[O-])cc1. The summed E-state index contributed by atoms with van der Waals surface area (Å²) in [6, 6.07) is 4.01. The number of benzene rings is 1. The number of hydrogen-bond acceptors (Lipinski definition) is 8. The van der Waals surface area contributed by atoms with Crippen LogP contribution < -0.4 is 0 Å². The molecule has 0 saturated carbocycles. The van der Waals surface area contributed by atoms with Gasteiger partial charge in [-0.25, -0.2) is 8.42 Å². The molecule has 0 saturated heterocycles. The lowest BCUT2D eigenvalue weighted by Crippen LogP contribution is -2.36. The van der Waals surface area contributed by atoms with Gasteiger partial charge in [0.05, 0.1) is 16.9 Å². The Balaban J connectivity index is 3.13. The zero-order chi connectivity index (χ0) is 17.6. The van der Waals surface area contributed by atoms with E-state index in [9.17, 15) is 28.1 Å². The maximum absolute atomic E-state index is 12.5. The van der Waals surface area contributed by atoms with Gasteiger partial charge in [0, 0.05) is 18.6 Å². The Kier molecular flexibility index (Phi) is 6.19. The number of carbonyl (C=O) groups excluding carboxylic acids is 2. The van der Waals surface area contributed by atoms with Gasteiger partial charge in [0.15, 0.2) is 15.1 Å². The van der Waals surface area contributed by atoms with E-state index in [1.54, 1.807) is 0 Å². The minimum absolute atomic E-state index is 0.0193. The van der Waals surface area contributed by atoms with Crippen LogP contribution >= 0.6 is 0 Å². The van der Waals surface area contributed by atoms with Gasteiger partial charge in [-0.3, -0.25) is 19.7 Å². The molecule has 0 bridgehead atoms.